The Labute approximate surface area is 250 Å². The predicted molar refractivity (Wildman–Crippen MR) is 169 cm³/mol. The van der Waals surface area contributed by atoms with Crippen molar-refractivity contribution < 1.29 is 14.3 Å². The number of nitrogens with one attached hydrogen (secondary N) is 1. The molecule has 1 aromatic carbocycles. The van der Waals surface area contributed by atoms with Gasteiger partial charge in [0.05, 0.1) is 6.61 Å². The minimum atomic E-state index is -0.337. The summed E-state index contributed by atoms with van der Waals surface area (Å²) in [4.78, 5) is 37.7. The molecule has 0 bridgehead atoms. The van der Waals surface area contributed by atoms with Gasteiger partial charge in [0.25, 0.3) is 0 Å². The van der Waals surface area contributed by atoms with Crippen LogP contribution in [0, 0.1) is 11.8 Å². The van der Waals surface area contributed by atoms with Crippen molar-refractivity contribution in [2.24, 2.45) is 11.8 Å². The van der Waals surface area contributed by atoms with Crippen LogP contribution in [-0.4, -0.2) is 105 Å². The summed E-state index contributed by atoms with van der Waals surface area (Å²) in [5, 5.41) is 6.29. The van der Waals surface area contributed by atoms with Crippen molar-refractivity contribution in [1.82, 2.24) is 20.1 Å². The number of piperazine rings is 1. The number of anilines is 1. The molecule has 2 saturated heterocycles. The first-order valence-corrected chi connectivity index (χ1v) is 15.8. The van der Waals surface area contributed by atoms with Crippen LogP contribution in [0.2, 0.25) is 0 Å². The van der Waals surface area contributed by atoms with Gasteiger partial charge in [0.15, 0.2) is 0 Å². The maximum atomic E-state index is 13.3. The summed E-state index contributed by atoms with van der Waals surface area (Å²) in [5.74, 6) is 0.619. The number of amides is 1. The van der Waals surface area contributed by atoms with E-state index in [0.29, 0.717) is 29.9 Å². The van der Waals surface area contributed by atoms with E-state index in [1.165, 1.54) is 0 Å². The van der Waals surface area contributed by atoms with E-state index in [1.807, 2.05) is 36.1 Å². The van der Waals surface area contributed by atoms with Crippen LogP contribution in [0.5, 0.6) is 0 Å². The minimum absolute atomic E-state index is 0.166. The molecule has 3 atom stereocenters. The fourth-order valence-electron chi connectivity index (χ4n) is 5.82. The summed E-state index contributed by atoms with van der Waals surface area (Å²) >= 11 is 1.66. The molecule has 4 rings (SSSR count). The fraction of sp³-hybridized carbons (Fsp3) is 0.613. The number of carbonyl (C=O) groups excluding carboxylic acids is 2. The van der Waals surface area contributed by atoms with E-state index in [1.54, 1.807) is 18.4 Å². The van der Waals surface area contributed by atoms with Crippen molar-refractivity contribution in [2.75, 3.05) is 57.9 Å². The molecule has 2 fully saturated rings. The zero-order valence-electron chi connectivity index (χ0n) is 25.3. The second-order valence-corrected chi connectivity index (χ2v) is 12.6. The topological polar surface area (TPSA) is 78.0 Å². The van der Waals surface area contributed by atoms with Crippen LogP contribution >= 0.6 is 11.3 Å². The van der Waals surface area contributed by atoms with Gasteiger partial charge in [-0.25, -0.2) is 0 Å². The molecule has 221 valence electrons. The molecular formula is C31H45BN5O3S. The Morgan fingerprint density at radius 2 is 1.85 bits per heavy atom. The van der Waals surface area contributed by atoms with Crippen LogP contribution in [0.1, 0.15) is 57.3 Å². The van der Waals surface area contributed by atoms with Gasteiger partial charge in [-0.2, -0.15) is 0 Å². The number of hydrogen-bond donors (Lipinski definition) is 1. The Hall–Kier alpha value is -2.56. The molecule has 0 spiro atoms. The van der Waals surface area contributed by atoms with Crippen LogP contribution in [0.25, 0.3) is 11.3 Å². The molecule has 1 unspecified atom stereocenters. The summed E-state index contributed by atoms with van der Waals surface area (Å²) in [6, 6.07) is 7.06. The Morgan fingerprint density at radius 3 is 2.49 bits per heavy atom. The van der Waals surface area contributed by atoms with Crippen LogP contribution in [0.3, 0.4) is 0 Å². The second kappa shape index (κ2) is 14.6. The molecule has 1 aromatic heterocycles. The fourth-order valence-corrected chi connectivity index (χ4v) is 6.71. The molecule has 2 aliphatic rings. The van der Waals surface area contributed by atoms with Gasteiger partial charge in [0.1, 0.15) is 0 Å². The standard InChI is InChI=1S/C31H45BN5O3S/c1-6-27(38)28-22(4)11-12-37(28)29(32)25(19-21(2)3)33-30(39)24-9-7-23(8-10-24)26-20-41-31(34-26)36-15-13-35(14-16-36)17-18-40-5/h7-10,20-22,25,28H,6,11-19H2,1-5H3,(H,33,39)/t22-,25?,28+/m1/s1. The first-order chi connectivity index (χ1) is 19.7. The average molecular weight is 579 g/mol. The Balaban J connectivity index is 1.39. The number of thiazole rings is 1. The number of nitrogens with zero attached hydrogens (tertiary/aromatic N) is 4. The summed E-state index contributed by atoms with van der Waals surface area (Å²) in [5.41, 5.74) is 3.08. The van der Waals surface area contributed by atoms with Crippen LogP contribution in [0.15, 0.2) is 29.6 Å². The maximum absolute atomic E-state index is 13.3. The Morgan fingerprint density at radius 1 is 1.15 bits per heavy atom. The van der Waals surface area contributed by atoms with Crippen molar-refractivity contribution in [3.8, 4) is 11.3 Å². The number of methoxy groups -OCH3 is 1. The molecule has 3 heterocycles. The van der Waals surface area contributed by atoms with Gasteiger partial charge in [-0.1, -0.05) is 0 Å². The number of hydrogen-bond acceptors (Lipinski definition) is 8. The molecular weight excluding hydrogens is 533 g/mol. The van der Waals surface area contributed by atoms with E-state index < -0.39 is 0 Å². The molecule has 1 amide bonds. The summed E-state index contributed by atoms with van der Waals surface area (Å²) in [6.07, 6.45) is 2.11. The van der Waals surface area contributed by atoms with Crippen molar-refractivity contribution in [1.29, 1.82) is 0 Å². The first kappa shape index (κ1) is 31.4. The van der Waals surface area contributed by atoms with Crippen molar-refractivity contribution in [3.63, 3.8) is 0 Å². The van der Waals surface area contributed by atoms with Gasteiger partial charge in [0, 0.05) is 39.8 Å². The van der Waals surface area contributed by atoms with E-state index >= 15 is 0 Å². The molecule has 2 aliphatic heterocycles. The number of Topliss-reactive ketones (excluding diaryl/α,β-unsaturated/α-hetero) is 1. The Kier molecular flexibility index (Phi) is 11.1. The average Bonchev–Trinajstić information content (AvgIpc) is 3.62. The van der Waals surface area contributed by atoms with Crippen molar-refractivity contribution in [2.45, 2.75) is 59.0 Å². The van der Waals surface area contributed by atoms with Crippen molar-refractivity contribution >= 4 is 41.2 Å². The molecule has 41 heavy (non-hydrogen) atoms. The van der Waals surface area contributed by atoms with Crippen LogP contribution < -0.4 is 10.2 Å². The third-order valence-corrected chi connectivity index (χ3v) is 9.17. The van der Waals surface area contributed by atoms with Gasteiger partial charge in [-0.15, -0.1) is 0 Å². The Bertz CT molecular complexity index is 1180. The number of rotatable bonds is 13. The monoisotopic (exact) mass is 578 g/mol. The van der Waals surface area contributed by atoms with Gasteiger partial charge in [-0.05, 0) is 0 Å². The third-order valence-electron chi connectivity index (χ3n) is 8.27. The van der Waals surface area contributed by atoms with Gasteiger partial charge < -0.3 is 4.74 Å². The predicted octanol–water partition coefficient (Wildman–Crippen LogP) is 3.71. The summed E-state index contributed by atoms with van der Waals surface area (Å²) in [7, 11) is 8.44. The van der Waals surface area contributed by atoms with E-state index in [-0.39, 0.29) is 29.7 Å². The van der Waals surface area contributed by atoms with Crippen molar-refractivity contribution in [3.05, 3.63) is 35.2 Å². The molecule has 0 saturated carbocycles. The van der Waals surface area contributed by atoms with E-state index in [0.717, 1.165) is 68.7 Å². The van der Waals surface area contributed by atoms with Crippen LogP contribution in [0.4, 0.5) is 5.13 Å². The quantitative estimate of drug-likeness (QED) is 0.363. The molecule has 8 nitrogen and oxygen atoms in total. The summed E-state index contributed by atoms with van der Waals surface area (Å²) in [6.45, 7) is 14.6. The molecule has 2 aromatic rings. The number of carbonyl (C=O) groups is 2. The van der Waals surface area contributed by atoms with E-state index in [9.17, 15) is 9.59 Å². The number of ketones is 1. The normalized spacial score (nSPS) is 20.4. The third kappa shape index (κ3) is 7.84. The zero-order chi connectivity index (χ0) is 29.5. The summed E-state index contributed by atoms with van der Waals surface area (Å²) < 4.78 is 5.21. The molecule has 1 N–H and O–H groups in total. The second-order valence-electron chi connectivity index (χ2n) is 11.7. The number of aromatic nitrogens is 1. The van der Waals surface area contributed by atoms with Crippen LogP contribution in [-0.2, 0) is 9.53 Å². The number of ether oxygens (including phenoxy) is 1. The molecule has 10 heteroatoms. The molecule has 0 aliphatic carbocycles. The van der Waals surface area contributed by atoms with Gasteiger partial charge >= 0.3 is 195 Å². The van der Waals surface area contributed by atoms with Gasteiger partial charge in [-0.3, -0.25) is 4.90 Å². The van der Waals surface area contributed by atoms with Gasteiger partial charge in [0.2, 0.25) is 0 Å². The number of likely N-dealkylation sites (tertiary alicyclic amines) is 1. The first-order valence-electron chi connectivity index (χ1n) is 15.0. The molecule has 1 radical (unpaired) electrons. The van der Waals surface area contributed by atoms with E-state index in [4.69, 9.17) is 17.2 Å². The number of benzene rings is 1. The van der Waals surface area contributed by atoms with E-state index in [2.05, 4.69) is 41.3 Å². The SMILES string of the molecule is [B]=C(C(CC(C)C)NC(=O)c1ccc(-c2csc(N3CCN(CCOC)CC3)n2)cc1)N1CC[C@@H](C)[C@H]1C(=O)CC. The zero-order valence-corrected chi connectivity index (χ0v) is 26.1.